The van der Waals surface area contributed by atoms with Crippen LogP contribution in [0.15, 0.2) is 48.5 Å². The lowest BCUT2D eigenvalue weighted by molar-refractivity contribution is -0.119. The Hall–Kier alpha value is -3.15. The maximum absolute atomic E-state index is 12.0. The van der Waals surface area contributed by atoms with Gasteiger partial charge in [0, 0.05) is 24.3 Å². The topological polar surface area (TPSA) is 75.7 Å². The average molecular weight is 366 g/mol. The highest BCUT2D eigenvalue weighted by atomic mass is 16.5. The number of anilines is 2. The molecule has 0 aromatic heterocycles. The predicted molar refractivity (Wildman–Crippen MR) is 103 cm³/mol. The van der Waals surface area contributed by atoms with Crippen molar-refractivity contribution in [1.82, 2.24) is 0 Å². The first kappa shape index (κ1) is 18.6. The molecule has 3 rings (SSSR count). The van der Waals surface area contributed by atoms with Crippen LogP contribution in [0.2, 0.25) is 0 Å². The average Bonchev–Trinajstić information content (AvgIpc) is 3.12. The standard InChI is InChI=1S/C21H22N2O4/c1-2-15-5-7-16(8-6-15)21(26)27-14-19(24)22-17-9-11-18(12-10-17)23-13-3-4-20(23)25/h5-12H,2-4,13-14H2,1H3,(H,22,24). The van der Waals surface area contributed by atoms with Crippen LogP contribution >= 0.6 is 0 Å². The highest BCUT2D eigenvalue weighted by Gasteiger charge is 2.21. The molecule has 1 N–H and O–H groups in total. The van der Waals surface area contributed by atoms with Gasteiger partial charge < -0.3 is 15.0 Å². The molecule has 2 amide bonds. The second-order valence-corrected chi connectivity index (χ2v) is 6.37. The van der Waals surface area contributed by atoms with Crippen molar-refractivity contribution < 1.29 is 19.1 Å². The molecule has 6 nitrogen and oxygen atoms in total. The first-order chi connectivity index (χ1) is 13.1. The van der Waals surface area contributed by atoms with Gasteiger partial charge in [0.1, 0.15) is 0 Å². The van der Waals surface area contributed by atoms with Gasteiger partial charge in [-0.1, -0.05) is 19.1 Å². The van der Waals surface area contributed by atoms with E-state index in [2.05, 4.69) is 5.32 Å². The minimum Gasteiger partial charge on any atom is -0.452 e. The van der Waals surface area contributed by atoms with Crippen LogP contribution in [0.25, 0.3) is 0 Å². The third-order valence-electron chi connectivity index (χ3n) is 4.47. The number of ether oxygens (including phenoxy) is 1. The molecule has 2 aromatic carbocycles. The highest BCUT2D eigenvalue weighted by molar-refractivity contribution is 5.97. The molecule has 140 valence electrons. The van der Waals surface area contributed by atoms with Gasteiger partial charge >= 0.3 is 5.97 Å². The van der Waals surface area contributed by atoms with Crippen LogP contribution in [-0.2, 0) is 20.7 Å². The summed E-state index contributed by atoms with van der Waals surface area (Å²) in [4.78, 5) is 37.5. The number of hydrogen-bond acceptors (Lipinski definition) is 4. The molecule has 1 saturated heterocycles. The monoisotopic (exact) mass is 366 g/mol. The molecule has 27 heavy (non-hydrogen) atoms. The van der Waals surface area contributed by atoms with E-state index >= 15 is 0 Å². The lowest BCUT2D eigenvalue weighted by atomic mass is 10.1. The largest absolute Gasteiger partial charge is 0.452 e. The summed E-state index contributed by atoms with van der Waals surface area (Å²) in [6.45, 7) is 2.40. The van der Waals surface area contributed by atoms with Crippen molar-refractivity contribution in [2.24, 2.45) is 0 Å². The first-order valence-electron chi connectivity index (χ1n) is 9.03. The third-order valence-corrected chi connectivity index (χ3v) is 4.47. The third kappa shape index (κ3) is 4.73. The number of benzene rings is 2. The molecule has 6 heteroatoms. The Morgan fingerprint density at radius 3 is 2.37 bits per heavy atom. The molecule has 0 radical (unpaired) electrons. The van der Waals surface area contributed by atoms with E-state index in [9.17, 15) is 14.4 Å². The SMILES string of the molecule is CCc1ccc(C(=O)OCC(=O)Nc2ccc(N3CCCC3=O)cc2)cc1. The van der Waals surface area contributed by atoms with Crippen LogP contribution in [0.4, 0.5) is 11.4 Å². The number of aryl methyl sites for hydroxylation is 1. The van der Waals surface area contributed by atoms with Crippen molar-refractivity contribution in [2.75, 3.05) is 23.4 Å². The van der Waals surface area contributed by atoms with Gasteiger partial charge in [-0.2, -0.15) is 0 Å². The maximum Gasteiger partial charge on any atom is 0.338 e. The van der Waals surface area contributed by atoms with Crippen LogP contribution in [0, 0.1) is 0 Å². The highest BCUT2D eigenvalue weighted by Crippen LogP contribution is 2.23. The number of carbonyl (C=O) groups excluding carboxylic acids is 3. The molecule has 0 aliphatic carbocycles. The molecule has 0 unspecified atom stereocenters. The van der Waals surface area contributed by atoms with Gasteiger partial charge in [-0.25, -0.2) is 4.79 Å². The Morgan fingerprint density at radius 2 is 1.78 bits per heavy atom. The zero-order valence-electron chi connectivity index (χ0n) is 15.2. The van der Waals surface area contributed by atoms with Crippen molar-refractivity contribution in [1.29, 1.82) is 0 Å². The van der Waals surface area contributed by atoms with Crippen molar-refractivity contribution in [3.05, 3.63) is 59.7 Å². The summed E-state index contributed by atoms with van der Waals surface area (Å²) in [5.74, 6) is -0.833. The molecule has 1 fully saturated rings. The minimum absolute atomic E-state index is 0.116. The zero-order valence-corrected chi connectivity index (χ0v) is 15.2. The van der Waals surface area contributed by atoms with Gasteiger partial charge in [0.2, 0.25) is 5.91 Å². The molecular weight excluding hydrogens is 344 g/mol. The van der Waals surface area contributed by atoms with Crippen LogP contribution in [0.3, 0.4) is 0 Å². The Bertz CT molecular complexity index is 828. The molecule has 0 atom stereocenters. The lowest BCUT2D eigenvalue weighted by Gasteiger charge is -2.16. The Morgan fingerprint density at radius 1 is 1.07 bits per heavy atom. The van der Waals surface area contributed by atoms with Crippen molar-refractivity contribution >= 4 is 29.2 Å². The van der Waals surface area contributed by atoms with E-state index < -0.39 is 11.9 Å². The number of hydrogen-bond donors (Lipinski definition) is 1. The molecule has 0 bridgehead atoms. The molecule has 0 saturated carbocycles. The second-order valence-electron chi connectivity index (χ2n) is 6.37. The number of carbonyl (C=O) groups is 3. The van der Waals surface area contributed by atoms with Crippen LogP contribution in [0.5, 0.6) is 0 Å². The molecule has 1 aliphatic rings. The van der Waals surface area contributed by atoms with E-state index in [1.54, 1.807) is 41.3 Å². The molecule has 1 heterocycles. The second kappa shape index (κ2) is 8.49. The van der Waals surface area contributed by atoms with Crippen LogP contribution in [0.1, 0.15) is 35.7 Å². The quantitative estimate of drug-likeness (QED) is 0.797. The van der Waals surface area contributed by atoms with E-state index in [4.69, 9.17) is 4.74 Å². The summed E-state index contributed by atoms with van der Waals surface area (Å²) in [6.07, 6.45) is 2.33. The Balaban J connectivity index is 1.50. The van der Waals surface area contributed by atoms with E-state index in [1.165, 1.54) is 0 Å². The normalized spacial score (nSPS) is 13.5. The Labute approximate surface area is 158 Å². The van der Waals surface area contributed by atoms with E-state index in [1.807, 2.05) is 19.1 Å². The first-order valence-corrected chi connectivity index (χ1v) is 9.03. The predicted octanol–water partition coefficient (Wildman–Crippen LogP) is 3.17. The summed E-state index contributed by atoms with van der Waals surface area (Å²) < 4.78 is 5.05. The summed E-state index contributed by atoms with van der Waals surface area (Å²) >= 11 is 0. The summed E-state index contributed by atoms with van der Waals surface area (Å²) in [7, 11) is 0. The molecular formula is C21H22N2O4. The van der Waals surface area contributed by atoms with Crippen molar-refractivity contribution in [2.45, 2.75) is 26.2 Å². The summed E-state index contributed by atoms with van der Waals surface area (Å²) in [5, 5.41) is 2.68. The molecule has 1 aliphatic heterocycles. The van der Waals surface area contributed by atoms with Gasteiger partial charge in [0.25, 0.3) is 5.91 Å². The Kier molecular flexibility index (Phi) is 5.86. The number of esters is 1. The van der Waals surface area contributed by atoms with Gasteiger partial charge in [-0.15, -0.1) is 0 Å². The molecule has 0 spiro atoms. The fourth-order valence-electron chi connectivity index (χ4n) is 2.93. The number of nitrogens with one attached hydrogen (secondary N) is 1. The van der Waals surface area contributed by atoms with Gasteiger partial charge in [0.15, 0.2) is 6.61 Å². The zero-order chi connectivity index (χ0) is 19.2. The number of amides is 2. The van der Waals surface area contributed by atoms with Gasteiger partial charge in [-0.3, -0.25) is 9.59 Å². The smallest absolute Gasteiger partial charge is 0.338 e. The van der Waals surface area contributed by atoms with Gasteiger partial charge in [-0.05, 0) is 54.8 Å². The summed E-state index contributed by atoms with van der Waals surface area (Å²) in [5.41, 5.74) is 2.94. The fraction of sp³-hybridized carbons (Fsp3) is 0.286. The van der Waals surface area contributed by atoms with Gasteiger partial charge in [0.05, 0.1) is 5.56 Å². The van der Waals surface area contributed by atoms with E-state index in [-0.39, 0.29) is 12.5 Å². The molecule has 2 aromatic rings. The maximum atomic E-state index is 12.0. The van der Waals surface area contributed by atoms with Crippen molar-refractivity contribution in [3.63, 3.8) is 0 Å². The lowest BCUT2D eigenvalue weighted by Crippen LogP contribution is -2.23. The number of nitrogens with zero attached hydrogens (tertiary/aromatic N) is 1. The van der Waals surface area contributed by atoms with Crippen molar-refractivity contribution in [3.8, 4) is 0 Å². The van der Waals surface area contributed by atoms with E-state index in [0.717, 1.165) is 30.6 Å². The van der Waals surface area contributed by atoms with Crippen LogP contribution in [-0.4, -0.2) is 30.9 Å². The number of rotatable bonds is 6. The fourth-order valence-corrected chi connectivity index (χ4v) is 2.93. The minimum atomic E-state index is -0.532. The van der Waals surface area contributed by atoms with E-state index in [0.29, 0.717) is 17.7 Å². The summed E-state index contributed by atoms with van der Waals surface area (Å²) in [6, 6.07) is 14.1. The van der Waals surface area contributed by atoms with Crippen LogP contribution < -0.4 is 10.2 Å².